The van der Waals surface area contributed by atoms with Crippen LogP contribution in [0.2, 0.25) is 0 Å². The summed E-state index contributed by atoms with van der Waals surface area (Å²) in [7, 11) is 2.54. The number of carbonyl (C=O) groups excluding carboxylic acids is 4. The number of benzene rings is 2. The van der Waals surface area contributed by atoms with E-state index in [1.165, 1.54) is 14.2 Å². The minimum absolute atomic E-state index is 0.137. The molecule has 5 heterocycles. The predicted molar refractivity (Wildman–Crippen MR) is 226 cm³/mol. The van der Waals surface area contributed by atoms with Gasteiger partial charge < -0.3 is 39.9 Å². The number of methoxy groups -OCH3 is 2. The van der Waals surface area contributed by atoms with Crippen LogP contribution in [-0.4, -0.2) is 92.1 Å². The van der Waals surface area contributed by atoms with Gasteiger partial charge in [0.25, 0.3) is 5.91 Å². The fourth-order valence-corrected chi connectivity index (χ4v) is 7.78. The first-order valence-corrected chi connectivity index (χ1v) is 20.2. The highest BCUT2D eigenvalue weighted by Gasteiger charge is 2.38. The maximum atomic E-state index is 13.9. The maximum Gasteiger partial charge on any atom is 0.407 e. The SMILES string of the molecule is COC(=O)NC(C(=O)N1CCC[C@H]1c1ncc(-c2ccc(C#CC#Cc3cnc([C@@H]4CCCN4C(=O)[C@@H](NC(=O)OC)c4ccccc4)[nH]3)c(-c3cccnc3)c2)[nH]1)C(C)C. The number of hydrogen-bond acceptors (Lipinski definition) is 9. The van der Waals surface area contributed by atoms with E-state index in [4.69, 9.17) is 14.5 Å². The summed E-state index contributed by atoms with van der Waals surface area (Å²) in [4.78, 5) is 75.6. The van der Waals surface area contributed by atoms with Gasteiger partial charge in [-0.25, -0.2) is 19.6 Å². The van der Waals surface area contributed by atoms with Crippen molar-refractivity contribution in [2.45, 2.75) is 63.7 Å². The molecule has 2 fully saturated rings. The molecule has 0 aliphatic carbocycles. The molecule has 0 spiro atoms. The molecule has 4 N–H and O–H groups in total. The lowest BCUT2D eigenvalue weighted by Gasteiger charge is -2.30. The maximum absolute atomic E-state index is 13.9. The second-order valence-electron chi connectivity index (χ2n) is 15.1. The molecular weight excluding hydrogens is 775 g/mol. The Labute approximate surface area is 354 Å². The number of hydrogen-bond donors (Lipinski definition) is 4. The zero-order chi connectivity index (χ0) is 42.9. The summed E-state index contributed by atoms with van der Waals surface area (Å²) in [6, 6.07) is 16.6. The Morgan fingerprint density at radius 2 is 1.43 bits per heavy atom. The Hall–Kier alpha value is -7.39. The van der Waals surface area contributed by atoms with Gasteiger partial charge in [-0.3, -0.25) is 14.6 Å². The van der Waals surface area contributed by atoms with Gasteiger partial charge in [-0.15, -0.1) is 0 Å². The number of imidazole rings is 2. The van der Waals surface area contributed by atoms with E-state index in [1.807, 2.05) is 62.4 Å². The molecule has 1 unspecified atom stereocenters. The number of nitrogens with one attached hydrogen (secondary N) is 4. The molecule has 2 aliphatic rings. The monoisotopic (exact) mass is 821 g/mol. The van der Waals surface area contributed by atoms with Gasteiger partial charge in [-0.05, 0) is 78.7 Å². The van der Waals surface area contributed by atoms with E-state index in [-0.39, 0.29) is 29.8 Å². The van der Waals surface area contributed by atoms with Crippen molar-refractivity contribution < 1.29 is 28.7 Å². The average Bonchev–Trinajstić information content (AvgIpc) is 4.14. The van der Waals surface area contributed by atoms with Gasteiger partial charge in [0.2, 0.25) is 5.91 Å². The molecule has 15 nitrogen and oxygen atoms in total. The van der Waals surface area contributed by atoms with E-state index < -0.39 is 24.3 Å². The van der Waals surface area contributed by atoms with Crippen LogP contribution in [-0.2, 0) is 19.1 Å². The number of ether oxygens (including phenoxy) is 2. The number of likely N-dealkylation sites (tertiary alicyclic amines) is 2. The minimum Gasteiger partial charge on any atom is -0.453 e. The lowest BCUT2D eigenvalue weighted by Crippen LogP contribution is -2.51. The molecule has 4 amide bonds. The Morgan fingerprint density at radius 3 is 2.11 bits per heavy atom. The molecule has 7 rings (SSSR count). The molecule has 312 valence electrons. The van der Waals surface area contributed by atoms with E-state index in [1.54, 1.807) is 46.7 Å². The van der Waals surface area contributed by atoms with E-state index in [2.05, 4.69) is 54.3 Å². The third-order valence-electron chi connectivity index (χ3n) is 10.9. The van der Waals surface area contributed by atoms with E-state index in [0.29, 0.717) is 42.4 Å². The molecule has 0 bridgehead atoms. The third-order valence-corrected chi connectivity index (χ3v) is 10.9. The van der Waals surface area contributed by atoms with Crippen molar-refractivity contribution in [1.29, 1.82) is 0 Å². The minimum atomic E-state index is -0.914. The fraction of sp³-hybridized carbons (Fsp3) is 0.326. The normalized spacial score (nSPS) is 16.7. The van der Waals surface area contributed by atoms with E-state index in [9.17, 15) is 19.2 Å². The van der Waals surface area contributed by atoms with Crippen molar-refractivity contribution in [3.8, 4) is 46.1 Å². The zero-order valence-corrected chi connectivity index (χ0v) is 34.4. The highest BCUT2D eigenvalue weighted by atomic mass is 16.5. The molecule has 61 heavy (non-hydrogen) atoms. The molecule has 2 aliphatic heterocycles. The largest absolute Gasteiger partial charge is 0.453 e. The lowest BCUT2D eigenvalue weighted by molar-refractivity contribution is -0.135. The fourth-order valence-electron chi connectivity index (χ4n) is 7.78. The Balaban J connectivity index is 1.08. The van der Waals surface area contributed by atoms with Crippen LogP contribution in [0.5, 0.6) is 0 Å². The smallest absolute Gasteiger partial charge is 0.407 e. The summed E-state index contributed by atoms with van der Waals surface area (Å²) in [6.07, 6.45) is 8.57. The molecule has 4 atom stereocenters. The third kappa shape index (κ3) is 9.58. The first kappa shape index (κ1) is 41.8. The number of amides is 4. The van der Waals surface area contributed by atoms with Gasteiger partial charge >= 0.3 is 12.2 Å². The van der Waals surface area contributed by atoms with Crippen molar-refractivity contribution >= 4 is 24.0 Å². The average molecular weight is 822 g/mol. The summed E-state index contributed by atoms with van der Waals surface area (Å²) in [6.45, 7) is 4.84. The number of carbonyl (C=O) groups is 4. The number of aromatic nitrogens is 5. The Kier molecular flexibility index (Phi) is 13.1. The molecular formula is C46H47N9O6. The van der Waals surface area contributed by atoms with Crippen LogP contribution in [0, 0.1) is 29.6 Å². The molecule has 2 aromatic carbocycles. The molecule has 5 aromatic rings. The van der Waals surface area contributed by atoms with Gasteiger partial charge in [-0.1, -0.05) is 62.2 Å². The second kappa shape index (κ2) is 19.1. The summed E-state index contributed by atoms with van der Waals surface area (Å²) in [5.41, 5.74) is 5.33. The quantitative estimate of drug-likeness (QED) is 0.121. The van der Waals surface area contributed by atoms with Crippen molar-refractivity contribution in [2.24, 2.45) is 5.92 Å². The summed E-state index contributed by atoms with van der Waals surface area (Å²) >= 11 is 0. The van der Waals surface area contributed by atoms with Gasteiger partial charge in [0.15, 0.2) is 0 Å². The number of rotatable bonds is 10. The summed E-state index contributed by atoms with van der Waals surface area (Å²) in [5, 5.41) is 5.38. The van der Waals surface area contributed by atoms with Crippen LogP contribution in [0.25, 0.3) is 22.4 Å². The second-order valence-corrected chi connectivity index (χ2v) is 15.1. The Bertz CT molecular complexity index is 2500. The summed E-state index contributed by atoms with van der Waals surface area (Å²) in [5.74, 6) is 12.9. The molecule has 0 saturated carbocycles. The lowest BCUT2D eigenvalue weighted by atomic mass is 9.97. The van der Waals surface area contributed by atoms with Gasteiger partial charge in [0.05, 0.1) is 44.4 Å². The topological polar surface area (TPSA) is 188 Å². The van der Waals surface area contributed by atoms with Crippen LogP contribution in [0.4, 0.5) is 9.59 Å². The predicted octanol–water partition coefficient (Wildman–Crippen LogP) is 6.07. The number of H-pyrrole nitrogens is 2. The first-order valence-electron chi connectivity index (χ1n) is 20.2. The van der Waals surface area contributed by atoms with Crippen molar-refractivity contribution in [3.05, 3.63) is 114 Å². The standard InChI is InChI=1S/C46H47N9O6/c1-29(2)39(52-45(58)60-3)43(56)54-23-12-19-38(54)42-49-28-36(51-42)32-21-20-30(35(25-32)33-16-10-22-47-26-33)13-8-9-17-34-27-48-41(50-34)37-18-11-24-55(37)44(57)40(53-46(59)61-4)31-14-6-5-7-15-31/h5-7,10,14-16,20-22,25-29,37-40H,11-12,18-19,23-24H2,1-4H3,(H,48,50)(H,49,51)(H,52,58)(H,53,59)/t37-,38-,39?,40-/m0/s1. The number of aromatic amines is 2. The van der Waals surface area contributed by atoms with Crippen LogP contribution >= 0.6 is 0 Å². The van der Waals surface area contributed by atoms with Crippen LogP contribution in [0.1, 0.15) is 86.1 Å². The molecule has 2 saturated heterocycles. The van der Waals surface area contributed by atoms with Crippen LogP contribution in [0.15, 0.2) is 85.5 Å². The summed E-state index contributed by atoms with van der Waals surface area (Å²) < 4.78 is 9.58. The van der Waals surface area contributed by atoms with Crippen LogP contribution < -0.4 is 10.6 Å². The van der Waals surface area contributed by atoms with Crippen molar-refractivity contribution in [1.82, 2.24) is 45.4 Å². The number of alkyl carbamates (subject to hydrolysis) is 2. The highest BCUT2D eigenvalue weighted by Crippen LogP contribution is 2.35. The van der Waals surface area contributed by atoms with E-state index >= 15 is 0 Å². The molecule has 15 heteroatoms. The van der Waals surface area contributed by atoms with Gasteiger partial charge in [-0.2, -0.15) is 0 Å². The van der Waals surface area contributed by atoms with E-state index in [0.717, 1.165) is 47.2 Å². The van der Waals surface area contributed by atoms with Gasteiger partial charge in [0.1, 0.15) is 29.4 Å². The van der Waals surface area contributed by atoms with Crippen LogP contribution in [0.3, 0.4) is 0 Å². The van der Waals surface area contributed by atoms with Crippen molar-refractivity contribution in [3.63, 3.8) is 0 Å². The molecule has 3 aromatic heterocycles. The van der Waals surface area contributed by atoms with Crippen molar-refractivity contribution in [2.75, 3.05) is 27.3 Å². The number of nitrogens with zero attached hydrogens (tertiary/aromatic N) is 5. The zero-order valence-electron chi connectivity index (χ0n) is 34.4. The first-order chi connectivity index (χ1) is 29.6. The van der Waals surface area contributed by atoms with Gasteiger partial charge in [0, 0.05) is 42.2 Å². The number of pyridine rings is 1. The highest BCUT2D eigenvalue weighted by molar-refractivity contribution is 5.88. The Morgan fingerprint density at radius 1 is 0.754 bits per heavy atom. The molecule has 0 radical (unpaired) electrons.